The Bertz CT molecular complexity index is 625. The molecule has 4 nitrogen and oxygen atoms in total. The van der Waals surface area contributed by atoms with Crippen molar-refractivity contribution in [2.75, 3.05) is 13.2 Å². The lowest BCUT2D eigenvalue weighted by atomic mass is 9.93. The molecule has 0 saturated carbocycles. The average molecular weight is 314 g/mol. The van der Waals surface area contributed by atoms with E-state index in [1.54, 1.807) is 6.20 Å². The molecule has 23 heavy (non-hydrogen) atoms. The second-order valence-electron chi connectivity index (χ2n) is 7.38. The van der Waals surface area contributed by atoms with Gasteiger partial charge >= 0.3 is 0 Å². The normalized spacial score (nSPS) is 19.6. The Hall–Kier alpha value is -1.65. The molecule has 0 spiro atoms. The van der Waals surface area contributed by atoms with Crippen LogP contribution in [0.2, 0.25) is 0 Å². The van der Waals surface area contributed by atoms with Gasteiger partial charge in [-0.25, -0.2) is 4.98 Å². The summed E-state index contributed by atoms with van der Waals surface area (Å²) in [6.07, 6.45) is 7.35. The van der Waals surface area contributed by atoms with Crippen molar-refractivity contribution in [1.82, 2.24) is 9.55 Å². The molecule has 0 bridgehead atoms. The van der Waals surface area contributed by atoms with Crippen molar-refractivity contribution in [2.24, 2.45) is 5.41 Å². The second-order valence-corrected chi connectivity index (χ2v) is 7.38. The van der Waals surface area contributed by atoms with E-state index in [9.17, 15) is 0 Å². The number of aryl methyl sites for hydroxylation is 2. The van der Waals surface area contributed by atoms with Crippen LogP contribution >= 0.6 is 0 Å². The quantitative estimate of drug-likeness (QED) is 0.846. The first-order valence-electron chi connectivity index (χ1n) is 8.26. The molecule has 0 amide bonds. The summed E-state index contributed by atoms with van der Waals surface area (Å²) in [6.45, 7) is 8.59. The van der Waals surface area contributed by atoms with Crippen molar-refractivity contribution in [1.29, 1.82) is 0 Å². The third-order valence-electron chi connectivity index (χ3n) is 4.31. The van der Waals surface area contributed by atoms with Gasteiger partial charge in [-0.05, 0) is 18.9 Å². The minimum atomic E-state index is -0.569. The lowest BCUT2D eigenvalue weighted by molar-refractivity contribution is -0.307. The molecule has 1 fully saturated rings. The van der Waals surface area contributed by atoms with Crippen LogP contribution in [-0.4, -0.2) is 28.6 Å². The van der Waals surface area contributed by atoms with Crippen molar-refractivity contribution >= 4 is 0 Å². The summed E-state index contributed by atoms with van der Waals surface area (Å²) in [5.74, 6) is -0.569. The molecule has 1 aliphatic rings. The van der Waals surface area contributed by atoms with Gasteiger partial charge in [-0.3, -0.25) is 0 Å². The van der Waals surface area contributed by atoms with Crippen molar-refractivity contribution in [3.8, 4) is 0 Å². The first-order valence-corrected chi connectivity index (χ1v) is 8.26. The molecule has 1 aromatic carbocycles. The van der Waals surface area contributed by atoms with E-state index in [-0.39, 0.29) is 5.41 Å². The van der Waals surface area contributed by atoms with E-state index in [1.807, 2.05) is 17.1 Å². The van der Waals surface area contributed by atoms with Crippen LogP contribution in [0.25, 0.3) is 0 Å². The van der Waals surface area contributed by atoms with Crippen molar-refractivity contribution in [3.63, 3.8) is 0 Å². The summed E-state index contributed by atoms with van der Waals surface area (Å²) in [7, 11) is 0. The second kappa shape index (κ2) is 6.46. The molecule has 124 valence electrons. The molecular weight excluding hydrogens is 288 g/mol. The summed E-state index contributed by atoms with van der Waals surface area (Å²) in [4.78, 5) is 4.13. The molecule has 1 saturated heterocycles. The van der Waals surface area contributed by atoms with Crippen LogP contribution in [-0.2, 0) is 22.4 Å². The molecule has 0 atom stereocenters. The maximum Gasteiger partial charge on any atom is 0.186 e. The molecule has 0 unspecified atom stereocenters. The predicted octanol–water partition coefficient (Wildman–Crippen LogP) is 3.59. The SMILES string of the molecule is Cc1cccc(CCC2(Cn3ccnc3)OCC(C)(C)CO2)c1. The molecule has 0 aliphatic carbocycles. The highest BCUT2D eigenvalue weighted by Crippen LogP contribution is 2.33. The summed E-state index contributed by atoms with van der Waals surface area (Å²) in [6, 6.07) is 8.64. The van der Waals surface area contributed by atoms with Gasteiger partial charge in [0.05, 0.1) is 26.1 Å². The molecule has 0 N–H and O–H groups in total. The van der Waals surface area contributed by atoms with Crippen LogP contribution in [0.4, 0.5) is 0 Å². The molecule has 2 heterocycles. The van der Waals surface area contributed by atoms with E-state index in [0.717, 1.165) is 26.1 Å². The van der Waals surface area contributed by atoms with Crippen LogP contribution in [0.5, 0.6) is 0 Å². The molecule has 1 aliphatic heterocycles. The van der Waals surface area contributed by atoms with E-state index in [4.69, 9.17) is 9.47 Å². The number of nitrogens with zero attached hydrogens (tertiary/aromatic N) is 2. The van der Waals surface area contributed by atoms with Gasteiger partial charge in [0.15, 0.2) is 5.79 Å². The van der Waals surface area contributed by atoms with Gasteiger partial charge < -0.3 is 14.0 Å². The zero-order valence-electron chi connectivity index (χ0n) is 14.3. The minimum absolute atomic E-state index is 0.0712. The van der Waals surface area contributed by atoms with Crippen LogP contribution in [0, 0.1) is 12.3 Å². The standard InChI is InChI=1S/C19H26N2O2/c1-16-5-4-6-17(11-16)7-8-19(12-21-10-9-20-15-21)22-13-18(2,3)14-23-19/h4-6,9-11,15H,7-8,12-14H2,1-3H3. The molecule has 1 aromatic heterocycles. The molecule has 2 aromatic rings. The van der Waals surface area contributed by atoms with E-state index in [0.29, 0.717) is 6.54 Å². The van der Waals surface area contributed by atoms with E-state index < -0.39 is 5.79 Å². The highest BCUT2D eigenvalue weighted by molar-refractivity contribution is 5.22. The van der Waals surface area contributed by atoms with Gasteiger partial charge in [0.1, 0.15) is 0 Å². The largest absolute Gasteiger partial charge is 0.348 e. The Morgan fingerprint density at radius 2 is 2.00 bits per heavy atom. The van der Waals surface area contributed by atoms with Gasteiger partial charge in [0, 0.05) is 24.2 Å². The van der Waals surface area contributed by atoms with Crippen LogP contribution in [0.15, 0.2) is 43.0 Å². The fourth-order valence-corrected chi connectivity index (χ4v) is 2.91. The Morgan fingerprint density at radius 1 is 1.22 bits per heavy atom. The third kappa shape index (κ3) is 4.21. The molecular formula is C19H26N2O2. The Kier molecular flexibility index (Phi) is 4.55. The highest BCUT2D eigenvalue weighted by Gasteiger charge is 2.40. The van der Waals surface area contributed by atoms with Gasteiger partial charge in [-0.2, -0.15) is 0 Å². The lowest BCUT2D eigenvalue weighted by Gasteiger charge is -2.43. The third-order valence-corrected chi connectivity index (χ3v) is 4.31. The minimum Gasteiger partial charge on any atom is -0.348 e. The predicted molar refractivity (Wildman–Crippen MR) is 90.1 cm³/mol. The van der Waals surface area contributed by atoms with Gasteiger partial charge in [-0.15, -0.1) is 0 Å². The first-order chi connectivity index (χ1) is 11.0. The fourth-order valence-electron chi connectivity index (χ4n) is 2.91. The number of benzene rings is 1. The lowest BCUT2D eigenvalue weighted by Crippen LogP contribution is -2.50. The number of rotatable bonds is 5. The Balaban J connectivity index is 1.72. The Labute approximate surface area is 138 Å². The monoisotopic (exact) mass is 314 g/mol. The van der Waals surface area contributed by atoms with E-state index in [2.05, 4.69) is 50.0 Å². The summed E-state index contributed by atoms with van der Waals surface area (Å²) in [5, 5.41) is 0. The summed E-state index contributed by atoms with van der Waals surface area (Å²) in [5.41, 5.74) is 2.69. The van der Waals surface area contributed by atoms with Gasteiger partial charge in [0.2, 0.25) is 0 Å². The zero-order chi connectivity index (χ0) is 16.3. The zero-order valence-corrected chi connectivity index (χ0v) is 14.3. The highest BCUT2D eigenvalue weighted by atomic mass is 16.7. The summed E-state index contributed by atoms with van der Waals surface area (Å²) >= 11 is 0. The Morgan fingerprint density at radius 3 is 2.65 bits per heavy atom. The molecule has 0 radical (unpaired) electrons. The van der Waals surface area contributed by atoms with E-state index >= 15 is 0 Å². The van der Waals surface area contributed by atoms with Gasteiger partial charge in [0.25, 0.3) is 0 Å². The fraction of sp³-hybridized carbons (Fsp3) is 0.526. The smallest absolute Gasteiger partial charge is 0.186 e. The first kappa shape index (κ1) is 16.2. The van der Waals surface area contributed by atoms with Crippen molar-refractivity contribution in [3.05, 3.63) is 54.1 Å². The van der Waals surface area contributed by atoms with E-state index in [1.165, 1.54) is 11.1 Å². The van der Waals surface area contributed by atoms with Crippen molar-refractivity contribution in [2.45, 2.75) is 45.9 Å². The number of ether oxygens (including phenoxy) is 2. The topological polar surface area (TPSA) is 36.3 Å². The number of hydrogen-bond acceptors (Lipinski definition) is 3. The number of hydrogen-bond donors (Lipinski definition) is 0. The average Bonchev–Trinajstić information content (AvgIpc) is 3.01. The maximum absolute atomic E-state index is 6.24. The van der Waals surface area contributed by atoms with Crippen molar-refractivity contribution < 1.29 is 9.47 Å². The summed E-state index contributed by atoms with van der Waals surface area (Å²) < 4.78 is 14.5. The molecule has 3 rings (SSSR count). The van der Waals surface area contributed by atoms with Crippen LogP contribution < -0.4 is 0 Å². The number of imidazole rings is 1. The van der Waals surface area contributed by atoms with Crippen LogP contribution in [0.3, 0.4) is 0 Å². The van der Waals surface area contributed by atoms with Crippen LogP contribution in [0.1, 0.15) is 31.4 Å². The number of aromatic nitrogens is 2. The maximum atomic E-state index is 6.24. The molecule has 4 heteroatoms. The van der Waals surface area contributed by atoms with Gasteiger partial charge in [-0.1, -0.05) is 43.7 Å².